The van der Waals surface area contributed by atoms with Gasteiger partial charge in [-0.1, -0.05) is 45.0 Å². The maximum absolute atomic E-state index is 4.33. The molecule has 0 aliphatic rings. The highest BCUT2D eigenvalue weighted by Crippen LogP contribution is 2.29. The van der Waals surface area contributed by atoms with Crippen molar-refractivity contribution in [1.29, 1.82) is 0 Å². The quantitative estimate of drug-likeness (QED) is 0.881. The van der Waals surface area contributed by atoms with Gasteiger partial charge in [0.05, 0.1) is 0 Å². The second-order valence-electron chi connectivity index (χ2n) is 5.93. The Kier molecular flexibility index (Phi) is 4.56. The molecule has 0 unspecified atom stereocenters. The van der Waals surface area contributed by atoms with Gasteiger partial charge in [0.15, 0.2) is 0 Å². The molecule has 0 spiro atoms. The monoisotopic (exact) mass is 268 g/mol. The normalized spacial score (nSPS) is 11.6. The van der Waals surface area contributed by atoms with Crippen LogP contribution in [-0.4, -0.2) is 12.0 Å². The van der Waals surface area contributed by atoms with Gasteiger partial charge < -0.3 is 5.32 Å². The predicted octanol–water partition coefficient (Wildman–Crippen LogP) is 4.16. The minimum atomic E-state index is 0.241. The number of aromatic nitrogens is 1. The average molecular weight is 268 g/mol. The smallest absolute Gasteiger partial charge is 0.0346 e. The molecule has 1 aromatic carbocycles. The van der Waals surface area contributed by atoms with Crippen LogP contribution in [0, 0.1) is 0 Å². The molecule has 20 heavy (non-hydrogen) atoms. The highest BCUT2D eigenvalue weighted by molar-refractivity contribution is 5.63. The van der Waals surface area contributed by atoms with E-state index in [0.717, 1.165) is 13.0 Å². The van der Waals surface area contributed by atoms with Crippen LogP contribution in [0.3, 0.4) is 0 Å². The number of hydrogen-bond acceptors (Lipinski definition) is 2. The Bertz CT molecular complexity index is 556. The maximum Gasteiger partial charge on any atom is 0.0346 e. The van der Waals surface area contributed by atoms with E-state index in [0.29, 0.717) is 0 Å². The first-order valence-electron chi connectivity index (χ1n) is 7.26. The van der Waals surface area contributed by atoms with Crippen molar-refractivity contribution in [3.8, 4) is 11.1 Å². The van der Waals surface area contributed by atoms with Crippen molar-refractivity contribution in [3.05, 3.63) is 53.9 Å². The second kappa shape index (κ2) is 6.19. The van der Waals surface area contributed by atoms with E-state index < -0.39 is 0 Å². The summed E-state index contributed by atoms with van der Waals surface area (Å²) in [5, 5.41) is 3.16. The molecule has 2 aromatic rings. The van der Waals surface area contributed by atoms with Gasteiger partial charge in [0.25, 0.3) is 0 Å². The Balaban J connectivity index is 2.28. The number of nitrogens with one attached hydrogen (secondary N) is 1. The summed E-state index contributed by atoms with van der Waals surface area (Å²) in [7, 11) is 1.95. The van der Waals surface area contributed by atoms with E-state index in [9.17, 15) is 0 Å². The molecule has 0 amide bonds. The molecular weight excluding hydrogens is 244 g/mol. The van der Waals surface area contributed by atoms with E-state index in [1.165, 1.54) is 22.3 Å². The maximum atomic E-state index is 4.33. The summed E-state index contributed by atoms with van der Waals surface area (Å²) in [5.74, 6) is 0. The molecule has 0 bridgehead atoms. The molecule has 0 aliphatic heterocycles. The van der Waals surface area contributed by atoms with Gasteiger partial charge in [-0.05, 0) is 41.6 Å². The summed E-state index contributed by atoms with van der Waals surface area (Å²) in [6.45, 7) is 7.66. The molecule has 1 aromatic heterocycles. The van der Waals surface area contributed by atoms with Gasteiger partial charge in [0.2, 0.25) is 0 Å². The Morgan fingerprint density at radius 1 is 1.05 bits per heavy atom. The van der Waals surface area contributed by atoms with Crippen molar-refractivity contribution in [2.45, 2.75) is 39.2 Å². The molecule has 0 aliphatic carbocycles. The van der Waals surface area contributed by atoms with Gasteiger partial charge in [-0.3, -0.25) is 4.98 Å². The zero-order valence-electron chi connectivity index (χ0n) is 12.9. The topological polar surface area (TPSA) is 24.9 Å². The van der Waals surface area contributed by atoms with Gasteiger partial charge in [0, 0.05) is 24.5 Å². The fourth-order valence-electron chi connectivity index (χ4n) is 2.26. The molecule has 2 nitrogen and oxygen atoms in total. The number of rotatable bonds is 5. The van der Waals surface area contributed by atoms with E-state index in [-0.39, 0.29) is 5.41 Å². The summed E-state index contributed by atoms with van der Waals surface area (Å²) >= 11 is 0. The summed E-state index contributed by atoms with van der Waals surface area (Å²) in [6.07, 6.45) is 4.99. The fourth-order valence-corrected chi connectivity index (χ4v) is 2.26. The van der Waals surface area contributed by atoms with Crippen LogP contribution in [0.1, 0.15) is 38.3 Å². The third-order valence-corrected chi connectivity index (χ3v) is 4.06. The lowest BCUT2D eigenvalue weighted by Crippen LogP contribution is -2.14. The molecule has 0 saturated carbocycles. The summed E-state index contributed by atoms with van der Waals surface area (Å²) in [6, 6.07) is 11.1. The molecule has 0 saturated heterocycles. The first-order valence-corrected chi connectivity index (χ1v) is 7.26. The van der Waals surface area contributed by atoms with Gasteiger partial charge >= 0.3 is 0 Å². The van der Waals surface area contributed by atoms with E-state index in [1.54, 1.807) is 0 Å². The summed E-state index contributed by atoms with van der Waals surface area (Å²) in [4.78, 5) is 4.33. The Hall–Kier alpha value is -1.67. The van der Waals surface area contributed by atoms with E-state index in [2.05, 4.69) is 61.4 Å². The lowest BCUT2D eigenvalue weighted by Gasteiger charge is -2.23. The van der Waals surface area contributed by atoms with Crippen LogP contribution in [0.15, 0.2) is 42.7 Å². The zero-order chi connectivity index (χ0) is 14.6. The molecule has 2 rings (SSSR count). The number of benzene rings is 1. The largest absolute Gasteiger partial charge is 0.316 e. The molecular formula is C18H24N2. The van der Waals surface area contributed by atoms with Crippen molar-refractivity contribution >= 4 is 0 Å². The first kappa shape index (κ1) is 14.7. The second-order valence-corrected chi connectivity index (χ2v) is 5.93. The van der Waals surface area contributed by atoms with Gasteiger partial charge in [-0.2, -0.15) is 0 Å². The van der Waals surface area contributed by atoms with Crippen LogP contribution in [-0.2, 0) is 12.0 Å². The van der Waals surface area contributed by atoms with Gasteiger partial charge in [-0.25, -0.2) is 0 Å². The molecule has 0 atom stereocenters. The SMILES string of the molecule is CCC(C)(C)c1ccc(-c2cncc(CNC)c2)cc1. The van der Waals surface area contributed by atoms with Crippen molar-refractivity contribution in [1.82, 2.24) is 10.3 Å². The van der Waals surface area contributed by atoms with Crippen molar-refractivity contribution in [2.75, 3.05) is 7.05 Å². The Morgan fingerprint density at radius 2 is 1.75 bits per heavy atom. The fraction of sp³-hybridized carbons (Fsp3) is 0.389. The third kappa shape index (κ3) is 3.26. The highest BCUT2D eigenvalue weighted by atomic mass is 14.8. The minimum absolute atomic E-state index is 0.241. The lowest BCUT2D eigenvalue weighted by atomic mass is 9.82. The van der Waals surface area contributed by atoms with Crippen molar-refractivity contribution in [3.63, 3.8) is 0 Å². The summed E-state index contributed by atoms with van der Waals surface area (Å²) in [5.41, 5.74) is 5.25. The Labute approximate surface area is 122 Å². The van der Waals surface area contributed by atoms with Crippen LogP contribution in [0.25, 0.3) is 11.1 Å². The molecule has 1 N–H and O–H groups in total. The lowest BCUT2D eigenvalue weighted by molar-refractivity contribution is 0.506. The van der Waals surface area contributed by atoms with Gasteiger partial charge in [0.1, 0.15) is 0 Å². The number of hydrogen-bond donors (Lipinski definition) is 1. The van der Waals surface area contributed by atoms with Gasteiger partial charge in [-0.15, -0.1) is 0 Å². The number of nitrogens with zero attached hydrogens (tertiary/aromatic N) is 1. The first-order chi connectivity index (χ1) is 9.56. The molecule has 106 valence electrons. The molecule has 0 radical (unpaired) electrons. The molecule has 1 heterocycles. The van der Waals surface area contributed by atoms with Crippen LogP contribution in [0.5, 0.6) is 0 Å². The van der Waals surface area contributed by atoms with Crippen LogP contribution in [0.4, 0.5) is 0 Å². The van der Waals surface area contributed by atoms with E-state index in [1.807, 2.05) is 19.4 Å². The minimum Gasteiger partial charge on any atom is -0.316 e. The van der Waals surface area contributed by atoms with Crippen molar-refractivity contribution < 1.29 is 0 Å². The molecule has 0 fully saturated rings. The predicted molar refractivity (Wildman–Crippen MR) is 85.8 cm³/mol. The van der Waals surface area contributed by atoms with Crippen LogP contribution < -0.4 is 5.32 Å². The van der Waals surface area contributed by atoms with E-state index in [4.69, 9.17) is 0 Å². The standard InChI is InChI=1S/C18H24N2/c1-5-18(2,3)17-8-6-15(7-9-17)16-10-14(11-19-4)12-20-13-16/h6-10,12-13,19H,5,11H2,1-4H3. The number of pyridine rings is 1. The third-order valence-electron chi connectivity index (χ3n) is 4.06. The average Bonchev–Trinajstić information content (AvgIpc) is 2.48. The van der Waals surface area contributed by atoms with E-state index >= 15 is 0 Å². The van der Waals surface area contributed by atoms with Crippen LogP contribution in [0.2, 0.25) is 0 Å². The highest BCUT2D eigenvalue weighted by Gasteiger charge is 2.17. The van der Waals surface area contributed by atoms with Crippen molar-refractivity contribution in [2.24, 2.45) is 0 Å². The summed E-state index contributed by atoms with van der Waals surface area (Å²) < 4.78 is 0. The zero-order valence-corrected chi connectivity index (χ0v) is 12.9. The Morgan fingerprint density at radius 3 is 2.35 bits per heavy atom. The molecule has 2 heteroatoms. The van der Waals surface area contributed by atoms with Crippen LogP contribution >= 0.6 is 0 Å².